The van der Waals surface area contributed by atoms with E-state index in [1.54, 1.807) is 25.2 Å². The highest BCUT2D eigenvalue weighted by Gasteiger charge is 2.39. The van der Waals surface area contributed by atoms with Crippen LogP contribution >= 0.6 is 0 Å². The van der Waals surface area contributed by atoms with Crippen LogP contribution in [0.3, 0.4) is 0 Å². The number of nitrogens with zero attached hydrogens (tertiary/aromatic N) is 2. The molecule has 0 aromatic carbocycles. The molecule has 0 radical (unpaired) electrons. The number of nitrogens with one attached hydrogen (secondary N) is 1. The number of halogens is 1. The second kappa shape index (κ2) is 14.2. The number of nitrogens with two attached hydrogens (primary N) is 1. The van der Waals surface area contributed by atoms with Crippen molar-refractivity contribution in [2.24, 2.45) is 17.6 Å². The number of aromatic nitrogens is 1. The summed E-state index contributed by atoms with van der Waals surface area (Å²) in [5, 5.41) is 13.0. The van der Waals surface area contributed by atoms with Gasteiger partial charge in [-0.2, -0.15) is 0 Å². The van der Waals surface area contributed by atoms with Gasteiger partial charge in [0.15, 0.2) is 11.6 Å². The minimum atomic E-state index is -1.46. The molecule has 1 saturated heterocycles. The highest BCUT2D eigenvalue weighted by molar-refractivity contribution is 5.95. The van der Waals surface area contributed by atoms with Crippen molar-refractivity contribution in [1.82, 2.24) is 15.2 Å². The van der Waals surface area contributed by atoms with Crippen molar-refractivity contribution >= 4 is 17.8 Å². The van der Waals surface area contributed by atoms with Gasteiger partial charge in [-0.3, -0.25) is 9.59 Å². The summed E-state index contributed by atoms with van der Waals surface area (Å²) < 4.78 is 25.8. The van der Waals surface area contributed by atoms with Crippen molar-refractivity contribution in [2.45, 2.75) is 70.9 Å². The SMILES string of the molecule is CC1=CC(O)CC(F)Cc2nc(co2)C(=O)N2CCCC2C(=O)OC(C(C)CN)C(C)/C=C/C(=O)NCC=C1. The third-order valence-electron chi connectivity index (χ3n) is 6.93. The van der Waals surface area contributed by atoms with E-state index in [4.69, 9.17) is 14.9 Å². The average molecular weight is 547 g/mol. The Morgan fingerprint density at radius 2 is 2.08 bits per heavy atom. The number of carbonyl (C=O) groups is 3. The van der Waals surface area contributed by atoms with Crippen LogP contribution in [0.25, 0.3) is 0 Å². The Kier molecular flexibility index (Phi) is 11.0. The molecular formula is C28H39FN4O6. The Morgan fingerprint density at radius 3 is 2.82 bits per heavy atom. The first-order chi connectivity index (χ1) is 18.6. The molecule has 3 rings (SSSR count). The Bertz CT molecular complexity index is 1100. The number of hydrogen-bond donors (Lipinski definition) is 3. The first-order valence-electron chi connectivity index (χ1n) is 13.4. The Morgan fingerprint density at radius 1 is 1.31 bits per heavy atom. The van der Waals surface area contributed by atoms with E-state index >= 15 is 0 Å². The molecule has 1 fully saturated rings. The molecule has 39 heavy (non-hydrogen) atoms. The van der Waals surface area contributed by atoms with Gasteiger partial charge in [0.25, 0.3) is 5.91 Å². The molecule has 214 valence electrons. The summed E-state index contributed by atoms with van der Waals surface area (Å²) in [5.74, 6) is -1.86. The van der Waals surface area contributed by atoms with Crippen LogP contribution in [0.1, 0.15) is 56.4 Å². The smallest absolute Gasteiger partial charge is 0.329 e. The Hall–Kier alpha value is -3.31. The fourth-order valence-corrected chi connectivity index (χ4v) is 4.77. The molecule has 2 bridgehead atoms. The number of fused-ring (bicyclic) bond motifs is 3. The van der Waals surface area contributed by atoms with Crippen LogP contribution < -0.4 is 11.1 Å². The molecule has 2 aliphatic rings. The molecule has 11 heteroatoms. The molecule has 3 heterocycles. The monoisotopic (exact) mass is 546 g/mol. The summed E-state index contributed by atoms with van der Waals surface area (Å²) in [7, 11) is 0. The standard InChI is InChI=1S/C28H39FN4O6/c1-17-6-4-10-31-24(35)9-8-18(2)26(19(3)15-30)39-28(37)23-7-5-11-33(23)27(36)22-16-38-25(32-22)14-20(29)13-21(34)12-17/h4,6,8-9,12,16,18-21,23,26,34H,5,7,10-11,13-15,30H2,1-3H3,(H,31,35)/b6-4?,9-8+,17-12?. The molecule has 4 N–H and O–H groups in total. The number of oxazole rings is 1. The summed E-state index contributed by atoms with van der Waals surface area (Å²) in [4.78, 5) is 44.3. The average Bonchev–Trinajstić information content (AvgIpc) is 3.57. The largest absolute Gasteiger partial charge is 0.460 e. The number of rotatable bonds is 2. The fourth-order valence-electron chi connectivity index (χ4n) is 4.77. The van der Waals surface area contributed by atoms with Crippen LogP contribution in [0.5, 0.6) is 0 Å². The minimum Gasteiger partial charge on any atom is -0.460 e. The zero-order chi connectivity index (χ0) is 28.5. The van der Waals surface area contributed by atoms with Gasteiger partial charge >= 0.3 is 5.97 Å². The third kappa shape index (κ3) is 8.59. The highest BCUT2D eigenvalue weighted by Crippen LogP contribution is 2.25. The predicted octanol–water partition coefficient (Wildman–Crippen LogP) is 2.24. The van der Waals surface area contributed by atoms with Gasteiger partial charge in [0, 0.05) is 31.3 Å². The normalized spacial score (nSPS) is 29.7. The van der Waals surface area contributed by atoms with Gasteiger partial charge in [0.1, 0.15) is 24.6 Å². The second-order valence-electron chi connectivity index (χ2n) is 10.3. The van der Waals surface area contributed by atoms with Gasteiger partial charge in [0.05, 0.1) is 12.5 Å². The number of amides is 2. The van der Waals surface area contributed by atoms with Crippen LogP contribution in [0.15, 0.2) is 46.6 Å². The minimum absolute atomic E-state index is 0.0223. The number of allylic oxidation sites excluding steroid dienone is 2. The maximum absolute atomic E-state index is 14.6. The van der Waals surface area contributed by atoms with Gasteiger partial charge < -0.3 is 30.2 Å². The molecule has 6 atom stereocenters. The van der Waals surface area contributed by atoms with Crippen molar-refractivity contribution in [3.63, 3.8) is 0 Å². The molecular weight excluding hydrogens is 507 g/mol. The van der Waals surface area contributed by atoms with E-state index in [-0.39, 0.29) is 55.3 Å². The molecule has 0 spiro atoms. The zero-order valence-electron chi connectivity index (χ0n) is 22.7. The molecule has 1 aromatic heterocycles. The van der Waals surface area contributed by atoms with Gasteiger partial charge in [-0.25, -0.2) is 14.2 Å². The first-order valence-corrected chi connectivity index (χ1v) is 13.4. The number of cyclic esters (lactones) is 1. The van der Waals surface area contributed by atoms with Gasteiger partial charge in [-0.1, -0.05) is 43.7 Å². The zero-order valence-corrected chi connectivity index (χ0v) is 22.7. The molecule has 0 saturated carbocycles. The Balaban J connectivity index is 1.86. The summed E-state index contributed by atoms with van der Waals surface area (Å²) in [6.45, 7) is 6.31. The van der Waals surface area contributed by atoms with Gasteiger partial charge in [0.2, 0.25) is 5.91 Å². The van der Waals surface area contributed by atoms with Crippen LogP contribution in [0.4, 0.5) is 4.39 Å². The lowest BCUT2D eigenvalue weighted by atomic mass is 9.92. The van der Waals surface area contributed by atoms with E-state index in [0.717, 1.165) is 6.26 Å². The lowest BCUT2D eigenvalue weighted by Crippen LogP contribution is -2.45. The predicted molar refractivity (Wildman–Crippen MR) is 142 cm³/mol. The molecule has 2 amide bonds. The quantitative estimate of drug-likeness (QED) is 0.479. The van der Waals surface area contributed by atoms with Crippen LogP contribution in [-0.4, -0.2) is 76.8 Å². The van der Waals surface area contributed by atoms with E-state index in [1.807, 2.05) is 13.8 Å². The van der Waals surface area contributed by atoms with Crippen molar-refractivity contribution < 1.29 is 33.0 Å². The number of carbonyl (C=O) groups excluding carboxylic acids is 3. The maximum Gasteiger partial charge on any atom is 0.329 e. The lowest BCUT2D eigenvalue weighted by Gasteiger charge is -2.30. The highest BCUT2D eigenvalue weighted by atomic mass is 19.1. The van der Waals surface area contributed by atoms with Crippen LogP contribution in [0.2, 0.25) is 0 Å². The van der Waals surface area contributed by atoms with Crippen molar-refractivity contribution in [2.75, 3.05) is 19.6 Å². The number of aliphatic hydroxyl groups is 1. The van der Waals surface area contributed by atoms with Gasteiger partial charge in [-0.05, 0) is 32.4 Å². The Labute approximate surface area is 228 Å². The maximum atomic E-state index is 14.6. The number of esters is 1. The van der Waals surface area contributed by atoms with Gasteiger partial charge in [-0.15, -0.1) is 0 Å². The number of aliphatic hydroxyl groups excluding tert-OH is 1. The second-order valence-corrected chi connectivity index (χ2v) is 10.3. The van der Waals surface area contributed by atoms with E-state index in [1.165, 1.54) is 17.1 Å². The summed E-state index contributed by atoms with van der Waals surface area (Å²) in [6, 6.07) is -0.808. The van der Waals surface area contributed by atoms with Crippen LogP contribution in [0, 0.1) is 11.8 Å². The van der Waals surface area contributed by atoms with Crippen LogP contribution in [-0.2, 0) is 20.7 Å². The number of ether oxygens (including phenoxy) is 1. The van der Waals surface area contributed by atoms with E-state index in [2.05, 4.69) is 10.3 Å². The summed E-state index contributed by atoms with van der Waals surface area (Å²) >= 11 is 0. The molecule has 2 aliphatic heterocycles. The van der Waals surface area contributed by atoms with Crippen molar-refractivity contribution in [1.29, 1.82) is 0 Å². The first kappa shape index (κ1) is 30.2. The van der Waals surface area contributed by atoms with Crippen molar-refractivity contribution in [3.05, 3.63) is 53.8 Å². The molecule has 10 nitrogen and oxygen atoms in total. The van der Waals surface area contributed by atoms with E-state index in [9.17, 15) is 23.9 Å². The summed E-state index contributed by atoms with van der Waals surface area (Å²) in [5.41, 5.74) is 6.56. The number of hydrogen-bond acceptors (Lipinski definition) is 8. The molecule has 0 aliphatic carbocycles. The molecule has 6 unspecified atom stereocenters. The summed E-state index contributed by atoms with van der Waals surface area (Å²) in [6.07, 6.45) is 6.71. The molecule has 1 aromatic rings. The third-order valence-corrected chi connectivity index (χ3v) is 6.93. The number of alkyl halides is 1. The van der Waals surface area contributed by atoms with E-state index < -0.39 is 36.3 Å². The van der Waals surface area contributed by atoms with Crippen molar-refractivity contribution in [3.8, 4) is 0 Å². The fraction of sp³-hybridized carbons (Fsp3) is 0.571. The lowest BCUT2D eigenvalue weighted by molar-refractivity contribution is -0.158. The van der Waals surface area contributed by atoms with E-state index in [0.29, 0.717) is 25.0 Å². The topological polar surface area (TPSA) is 148 Å².